The van der Waals surface area contributed by atoms with Gasteiger partial charge >= 0.3 is 0 Å². The molecule has 2 aromatic rings. The van der Waals surface area contributed by atoms with E-state index in [9.17, 15) is 5.11 Å². The average Bonchev–Trinajstić information content (AvgIpc) is 3.04. The zero-order valence-corrected chi connectivity index (χ0v) is 19.4. The van der Waals surface area contributed by atoms with Gasteiger partial charge in [0.1, 0.15) is 5.69 Å². The van der Waals surface area contributed by atoms with Crippen LogP contribution < -0.4 is 15.4 Å². The molecule has 0 unspecified atom stereocenters. The maximum atomic E-state index is 10.1. The van der Waals surface area contributed by atoms with Gasteiger partial charge in [-0.2, -0.15) is 4.98 Å². The summed E-state index contributed by atoms with van der Waals surface area (Å²) in [5, 5.41) is 10.4. The SMILES string of the molecule is COc1cc(-c2nc(CO)c(N3CCC4(CC3)CO[C@@H](C)[C@H]4N)nc2C)c(Cl)c(Cl)n1. The minimum absolute atomic E-state index is 0.00950. The molecule has 10 heteroatoms. The molecule has 0 saturated carbocycles. The Balaban J connectivity index is 1.65. The van der Waals surface area contributed by atoms with Crippen molar-refractivity contribution in [2.75, 3.05) is 31.7 Å². The van der Waals surface area contributed by atoms with Crippen molar-refractivity contribution in [3.05, 3.63) is 27.6 Å². The van der Waals surface area contributed by atoms with Crippen molar-refractivity contribution in [3.8, 4) is 17.1 Å². The first-order valence-electron chi connectivity index (χ1n) is 10.3. The van der Waals surface area contributed by atoms with E-state index >= 15 is 0 Å². The molecule has 2 fully saturated rings. The van der Waals surface area contributed by atoms with Gasteiger partial charge in [-0.25, -0.2) is 9.97 Å². The molecule has 2 aliphatic heterocycles. The molecule has 0 aromatic carbocycles. The van der Waals surface area contributed by atoms with Gasteiger partial charge in [0.15, 0.2) is 11.0 Å². The second-order valence-electron chi connectivity index (χ2n) is 8.29. The third-order valence-electron chi connectivity index (χ3n) is 6.53. The lowest BCUT2D eigenvalue weighted by Crippen LogP contribution is -2.51. The standard InChI is InChI=1S/C21H27Cl2N5O3/c1-11-17(13-8-15(30-3)27-19(23)16(13)22)26-14(9-29)20(25-11)28-6-4-21(5-7-28)10-31-12(2)18(21)24/h8,12,18,29H,4-7,9-10,24H2,1-3H3/t12-,18+/m0/s1. The third kappa shape index (κ3) is 3.96. The number of anilines is 1. The number of nitrogens with two attached hydrogens (primary N) is 1. The zero-order chi connectivity index (χ0) is 22.3. The molecule has 4 heterocycles. The number of hydrogen-bond donors (Lipinski definition) is 2. The molecule has 2 aliphatic rings. The smallest absolute Gasteiger partial charge is 0.215 e. The third-order valence-corrected chi connectivity index (χ3v) is 7.29. The predicted octanol–water partition coefficient (Wildman–Crippen LogP) is 2.99. The molecular weight excluding hydrogens is 441 g/mol. The molecule has 1 spiro atoms. The molecule has 8 nitrogen and oxygen atoms in total. The molecule has 2 atom stereocenters. The van der Waals surface area contributed by atoms with Gasteiger partial charge in [-0.15, -0.1) is 0 Å². The lowest BCUT2D eigenvalue weighted by molar-refractivity contribution is 0.0973. The summed E-state index contributed by atoms with van der Waals surface area (Å²) in [4.78, 5) is 15.7. The first-order chi connectivity index (χ1) is 14.8. The number of pyridine rings is 1. The minimum atomic E-state index is -0.246. The molecule has 0 radical (unpaired) electrons. The fourth-order valence-electron chi connectivity index (χ4n) is 4.55. The topological polar surface area (TPSA) is 107 Å². The number of ether oxygens (including phenoxy) is 2. The molecule has 4 rings (SSSR count). The van der Waals surface area contributed by atoms with Crippen molar-refractivity contribution in [2.45, 2.75) is 45.4 Å². The van der Waals surface area contributed by atoms with Gasteiger partial charge < -0.3 is 25.2 Å². The number of rotatable bonds is 4. The molecule has 0 aliphatic carbocycles. The molecule has 2 saturated heterocycles. The van der Waals surface area contributed by atoms with Crippen LogP contribution in [-0.4, -0.2) is 59.0 Å². The Kier molecular flexibility index (Phi) is 6.29. The van der Waals surface area contributed by atoms with E-state index in [0.717, 1.165) is 25.9 Å². The van der Waals surface area contributed by atoms with Gasteiger partial charge in [0.05, 0.1) is 42.8 Å². The second kappa shape index (κ2) is 8.67. The minimum Gasteiger partial charge on any atom is -0.481 e. The zero-order valence-electron chi connectivity index (χ0n) is 17.9. The fraction of sp³-hybridized carbons (Fsp3) is 0.571. The number of nitrogens with zero attached hydrogens (tertiary/aromatic N) is 4. The number of aliphatic hydroxyl groups excluding tert-OH is 1. The van der Waals surface area contributed by atoms with Gasteiger partial charge in [0.2, 0.25) is 5.88 Å². The number of halogens is 2. The van der Waals surface area contributed by atoms with E-state index in [4.69, 9.17) is 48.4 Å². The Morgan fingerprint density at radius 2 is 2.00 bits per heavy atom. The van der Waals surface area contributed by atoms with E-state index < -0.39 is 0 Å². The highest BCUT2D eigenvalue weighted by Crippen LogP contribution is 2.42. The molecule has 0 amide bonds. The van der Waals surface area contributed by atoms with E-state index in [2.05, 4.69) is 9.88 Å². The molecule has 0 bridgehead atoms. The highest BCUT2D eigenvalue weighted by Gasteiger charge is 2.47. The van der Waals surface area contributed by atoms with Crippen molar-refractivity contribution in [1.29, 1.82) is 0 Å². The summed E-state index contributed by atoms with van der Waals surface area (Å²) in [7, 11) is 1.50. The highest BCUT2D eigenvalue weighted by molar-refractivity contribution is 6.43. The van der Waals surface area contributed by atoms with Crippen LogP contribution in [0.4, 0.5) is 5.82 Å². The molecule has 168 valence electrons. The molecule has 3 N–H and O–H groups in total. The Morgan fingerprint density at radius 1 is 1.29 bits per heavy atom. The van der Waals surface area contributed by atoms with Crippen LogP contribution in [0.3, 0.4) is 0 Å². The van der Waals surface area contributed by atoms with Crippen molar-refractivity contribution in [3.63, 3.8) is 0 Å². The monoisotopic (exact) mass is 467 g/mol. The summed E-state index contributed by atoms with van der Waals surface area (Å²) < 4.78 is 11.0. The predicted molar refractivity (Wildman–Crippen MR) is 120 cm³/mol. The van der Waals surface area contributed by atoms with E-state index in [1.54, 1.807) is 6.07 Å². The average molecular weight is 468 g/mol. The molecule has 31 heavy (non-hydrogen) atoms. The van der Waals surface area contributed by atoms with Crippen LogP contribution in [0.1, 0.15) is 31.2 Å². The fourth-order valence-corrected chi connectivity index (χ4v) is 4.92. The first-order valence-corrected chi connectivity index (χ1v) is 11.1. The number of hydrogen-bond acceptors (Lipinski definition) is 8. The molecular formula is C21H27Cl2N5O3. The van der Waals surface area contributed by atoms with Gasteiger partial charge in [-0.05, 0) is 26.7 Å². The lowest BCUT2D eigenvalue weighted by atomic mass is 9.73. The van der Waals surface area contributed by atoms with Crippen LogP contribution in [0.15, 0.2) is 6.07 Å². The first kappa shape index (κ1) is 22.5. The molecule has 2 aromatic heterocycles. The van der Waals surface area contributed by atoms with Gasteiger partial charge in [-0.3, -0.25) is 0 Å². The Hall–Kier alpha value is -1.71. The Labute approximate surface area is 191 Å². The van der Waals surface area contributed by atoms with E-state index in [-0.39, 0.29) is 34.3 Å². The number of aliphatic hydroxyl groups is 1. The van der Waals surface area contributed by atoms with Crippen LogP contribution >= 0.6 is 23.2 Å². The summed E-state index contributed by atoms with van der Waals surface area (Å²) in [5.41, 5.74) is 8.70. The van der Waals surface area contributed by atoms with Crippen LogP contribution in [0.5, 0.6) is 5.88 Å². The normalized spacial score (nSPS) is 22.9. The van der Waals surface area contributed by atoms with Crippen LogP contribution in [0, 0.1) is 12.3 Å². The summed E-state index contributed by atoms with van der Waals surface area (Å²) in [6, 6.07) is 1.70. The van der Waals surface area contributed by atoms with E-state index in [1.807, 2.05) is 13.8 Å². The summed E-state index contributed by atoms with van der Waals surface area (Å²) in [6.45, 7) is 5.90. The quantitative estimate of drug-likeness (QED) is 0.660. The van der Waals surface area contributed by atoms with Gasteiger partial charge in [0, 0.05) is 36.2 Å². The van der Waals surface area contributed by atoms with E-state index in [1.165, 1.54) is 7.11 Å². The van der Waals surface area contributed by atoms with Crippen LogP contribution in [0.2, 0.25) is 10.2 Å². The maximum Gasteiger partial charge on any atom is 0.215 e. The van der Waals surface area contributed by atoms with Gasteiger partial charge in [-0.1, -0.05) is 23.2 Å². The van der Waals surface area contributed by atoms with E-state index in [0.29, 0.717) is 40.9 Å². The number of aryl methyl sites for hydroxylation is 1. The van der Waals surface area contributed by atoms with Crippen LogP contribution in [-0.2, 0) is 11.3 Å². The van der Waals surface area contributed by atoms with Crippen molar-refractivity contribution in [2.24, 2.45) is 11.1 Å². The summed E-state index contributed by atoms with van der Waals surface area (Å²) >= 11 is 12.6. The Morgan fingerprint density at radius 3 is 2.58 bits per heavy atom. The number of piperidine rings is 1. The largest absolute Gasteiger partial charge is 0.481 e. The number of aromatic nitrogens is 3. The Bertz CT molecular complexity index is 982. The maximum absolute atomic E-state index is 10.1. The van der Waals surface area contributed by atoms with Crippen molar-refractivity contribution >= 4 is 29.0 Å². The van der Waals surface area contributed by atoms with Crippen molar-refractivity contribution in [1.82, 2.24) is 15.0 Å². The second-order valence-corrected chi connectivity index (χ2v) is 9.03. The van der Waals surface area contributed by atoms with Gasteiger partial charge in [0.25, 0.3) is 0 Å². The summed E-state index contributed by atoms with van der Waals surface area (Å²) in [6.07, 6.45) is 1.90. The highest BCUT2D eigenvalue weighted by atomic mass is 35.5. The van der Waals surface area contributed by atoms with Crippen LogP contribution in [0.25, 0.3) is 11.3 Å². The van der Waals surface area contributed by atoms with Crippen molar-refractivity contribution < 1.29 is 14.6 Å². The lowest BCUT2D eigenvalue weighted by Gasteiger charge is -2.42. The summed E-state index contributed by atoms with van der Waals surface area (Å²) in [5.74, 6) is 1.01. The number of methoxy groups -OCH3 is 1.